The second kappa shape index (κ2) is 13.8. The third-order valence-corrected chi connectivity index (χ3v) is 12.3. The van der Waals surface area contributed by atoms with Crippen LogP contribution in [0.2, 0.25) is 0 Å². The Kier molecular flexibility index (Phi) is 8.32. The predicted octanol–water partition coefficient (Wildman–Crippen LogP) is 13.5. The minimum atomic E-state index is -0.0976. The highest BCUT2D eigenvalue weighted by molar-refractivity contribution is 6.98. The SMILES string of the molecule is CC(C)c1ccc(N(c2cc3c4c(c2)Oc2cc(-c5ccccc5)ccc2B4c2ccc(-c4ccccc4)cc2O3)c2cccc3c2oc2c(C(C)(C)C)cccc23)cc1. The van der Waals surface area contributed by atoms with Crippen LogP contribution in [0.15, 0.2) is 174 Å². The summed E-state index contributed by atoms with van der Waals surface area (Å²) in [6.45, 7) is 11.1. The van der Waals surface area contributed by atoms with Crippen molar-refractivity contribution in [2.75, 3.05) is 4.90 Å². The van der Waals surface area contributed by atoms with Crippen LogP contribution in [-0.4, -0.2) is 6.71 Å². The third-order valence-electron chi connectivity index (χ3n) is 12.3. The summed E-state index contributed by atoms with van der Waals surface area (Å²) in [4.78, 5) is 2.30. The van der Waals surface area contributed by atoms with E-state index in [4.69, 9.17) is 13.9 Å². The van der Waals surface area contributed by atoms with Gasteiger partial charge in [0.25, 0.3) is 6.71 Å². The van der Waals surface area contributed by atoms with Crippen molar-refractivity contribution in [2.45, 2.75) is 46.0 Å². The molecule has 11 rings (SSSR count). The van der Waals surface area contributed by atoms with E-state index >= 15 is 0 Å². The van der Waals surface area contributed by atoms with Gasteiger partial charge in [0.2, 0.25) is 0 Å². The standard InChI is InChI=1S/C55H44BNO3/c1-34(2)35-22-26-40(27-23-35)57(47-21-13-19-43-42-18-12-20-44(55(3,4)5)53(42)60-54(43)47)41-32-50-52-51(33-41)59-49-31-39(37-16-10-7-11-17-37)25-29-46(49)56(52)45-28-24-38(30-48(45)58-50)36-14-8-6-9-15-36/h6-34H,1-5H3. The molecule has 0 unspecified atom stereocenters. The summed E-state index contributed by atoms with van der Waals surface area (Å²) in [5.41, 5.74) is 14.8. The Morgan fingerprint density at radius 3 is 1.58 bits per heavy atom. The maximum absolute atomic E-state index is 7.07. The van der Waals surface area contributed by atoms with Gasteiger partial charge in [-0.05, 0) is 80.4 Å². The molecule has 0 N–H and O–H groups in total. The molecule has 290 valence electrons. The number of para-hydroxylation sites is 2. The molecule has 0 amide bonds. The summed E-state index contributed by atoms with van der Waals surface area (Å²) in [5, 5.41) is 2.19. The summed E-state index contributed by atoms with van der Waals surface area (Å²) < 4.78 is 21.2. The van der Waals surface area contributed by atoms with Crippen LogP contribution >= 0.6 is 0 Å². The molecule has 0 bridgehead atoms. The average Bonchev–Trinajstić information content (AvgIpc) is 3.66. The van der Waals surface area contributed by atoms with Crippen molar-refractivity contribution in [3.05, 3.63) is 181 Å². The fraction of sp³-hybridized carbons (Fsp3) is 0.127. The number of rotatable bonds is 6. The molecule has 8 aromatic carbocycles. The van der Waals surface area contributed by atoms with Gasteiger partial charge in [-0.25, -0.2) is 0 Å². The smallest absolute Gasteiger partial charge is 0.260 e. The first-order valence-corrected chi connectivity index (χ1v) is 21.0. The number of ether oxygens (including phenoxy) is 2. The highest BCUT2D eigenvalue weighted by Crippen LogP contribution is 2.47. The molecule has 2 aliphatic rings. The van der Waals surface area contributed by atoms with E-state index in [9.17, 15) is 0 Å². The molecule has 4 nitrogen and oxygen atoms in total. The van der Waals surface area contributed by atoms with E-state index in [1.165, 1.54) is 11.1 Å². The summed E-state index contributed by atoms with van der Waals surface area (Å²) >= 11 is 0. The lowest BCUT2D eigenvalue weighted by molar-refractivity contribution is 0.465. The van der Waals surface area contributed by atoms with Crippen molar-refractivity contribution < 1.29 is 13.9 Å². The first-order valence-electron chi connectivity index (χ1n) is 21.0. The van der Waals surface area contributed by atoms with Gasteiger partial charge in [-0.1, -0.05) is 162 Å². The van der Waals surface area contributed by atoms with Gasteiger partial charge >= 0.3 is 0 Å². The molecule has 0 spiro atoms. The molecule has 3 heterocycles. The minimum Gasteiger partial charge on any atom is -0.458 e. The number of benzene rings is 8. The molecule has 0 fully saturated rings. The van der Waals surface area contributed by atoms with Gasteiger partial charge in [-0.3, -0.25) is 0 Å². The Labute approximate surface area is 351 Å². The lowest BCUT2D eigenvalue weighted by atomic mass is 9.34. The number of nitrogens with zero attached hydrogens (tertiary/aromatic N) is 1. The highest BCUT2D eigenvalue weighted by Gasteiger charge is 2.41. The molecular formula is C55H44BNO3. The Hall–Kier alpha value is -6.98. The Balaban J connectivity index is 1.15. The van der Waals surface area contributed by atoms with E-state index < -0.39 is 0 Å². The zero-order valence-electron chi connectivity index (χ0n) is 34.5. The number of hydrogen-bond donors (Lipinski definition) is 0. The van der Waals surface area contributed by atoms with E-state index in [1.54, 1.807) is 0 Å². The van der Waals surface area contributed by atoms with Gasteiger partial charge in [-0.2, -0.15) is 0 Å². The van der Waals surface area contributed by atoms with Crippen molar-refractivity contribution in [1.29, 1.82) is 0 Å². The number of fused-ring (bicyclic) bond motifs is 7. The second-order valence-corrected chi connectivity index (χ2v) is 17.5. The van der Waals surface area contributed by atoms with Crippen molar-refractivity contribution in [3.8, 4) is 45.3 Å². The van der Waals surface area contributed by atoms with Gasteiger partial charge in [0.15, 0.2) is 5.58 Å². The average molecular weight is 778 g/mol. The first kappa shape index (κ1) is 36.1. The van der Waals surface area contributed by atoms with Crippen LogP contribution in [-0.2, 0) is 5.41 Å². The summed E-state index contributed by atoms with van der Waals surface area (Å²) in [5.74, 6) is 3.64. The lowest BCUT2D eigenvalue weighted by Gasteiger charge is -2.35. The first-order chi connectivity index (χ1) is 29.2. The molecule has 9 aromatic rings. The molecule has 0 atom stereocenters. The van der Waals surface area contributed by atoms with E-state index in [1.807, 2.05) is 0 Å². The molecule has 0 aliphatic carbocycles. The topological polar surface area (TPSA) is 34.8 Å². The van der Waals surface area contributed by atoms with Gasteiger partial charge in [-0.15, -0.1) is 0 Å². The predicted molar refractivity (Wildman–Crippen MR) is 250 cm³/mol. The van der Waals surface area contributed by atoms with Gasteiger partial charge < -0.3 is 18.8 Å². The minimum absolute atomic E-state index is 0.0837. The number of hydrogen-bond acceptors (Lipinski definition) is 4. The van der Waals surface area contributed by atoms with Gasteiger partial charge in [0, 0.05) is 39.6 Å². The van der Waals surface area contributed by atoms with Crippen LogP contribution in [0.1, 0.15) is 51.7 Å². The monoisotopic (exact) mass is 777 g/mol. The van der Waals surface area contributed by atoms with Crippen molar-refractivity contribution in [2.24, 2.45) is 0 Å². The number of anilines is 3. The van der Waals surface area contributed by atoms with Crippen molar-refractivity contribution in [3.63, 3.8) is 0 Å². The molecule has 1 aromatic heterocycles. The fourth-order valence-electron chi connectivity index (χ4n) is 9.24. The zero-order valence-corrected chi connectivity index (χ0v) is 34.5. The molecule has 0 radical (unpaired) electrons. The van der Waals surface area contributed by atoms with E-state index in [2.05, 4.69) is 209 Å². The van der Waals surface area contributed by atoms with Crippen molar-refractivity contribution in [1.82, 2.24) is 0 Å². The Bertz CT molecular complexity index is 2990. The Morgan fingerprint density at radius 2 is 1.03 bits per heavy atom. The molecular weight excluding hydrogens is 733 g/mol. The van der Waals surface area contributed by atoms with Gasteiger partial charge in [0.1, 0.15) is 28.6 Å². The van der Waals surface area contributed by atoms with Crippen LogP contribution in [0.25, 0.3) is 44.2 Å². The van der Waals surface area contributed by atoms with Gasteiger partial charge in [0.05, 0.1) is 11.4 Å². The molecule has 60 heavy (non-hydrogen) atoms. The van der Waals surface area contributed by atoms with Crippen molar-refractivity contribution >= 4 is 62.1 Å². The molecule has 0 saturated heterocycles. The number of furan rings is 1. The van der Waals surface area contributed by atoms with E-state index in [-0.39, 0.29) is 12.1 Å². The fourth-order valence-corrected chi connectivity index (χ4v) is 9.24. The zero-order chi connectivity index (χ0) is 40.7. The maximum atomic E-state index is 7.07. The van der Waals surface area contributed by atoms with Crippen LogP contribution in [0.3, 0.4) is 0 Å². The molecule has 0 saturated carbocycles. The van der Waals surface area contributed by atoms with Crippen LogP contribution in [0.4, 0.5) is 17.1 Å². The maximum Gasteiger partial charge on any atom is 0.260 e. The summed E-state index contributed by atoms with van der Waals surface area (Å²) in [6.07, 6.45) is 0. The normalized spacial score (nSPS) is 12.8. The van der Waals surface area contributed by atoms with Crippen LogP contribution in [0.5, 0.6) is 23.0 Å². The third kappa shape index (κ3) is 5.91. The summed E-state index contributed by atoms with van der Waals surface area (Å²) in [6, 6.07) is 60.6. The quantitative estimate of drug-likeness (QED) is 0.158. The lowest BCUT2D eigenvalue weighted by Crippen LogP contribution is -2.57. The molecule has 5 heteroatoms. The molecule has 2 aliphatic heterocycles. The Morgan fingerprint density at radius 1 is 0.483 bits per heavy atom. The van der Waals surface area contributed by atoms with Crippen LogP contribution in [0, 0.1) is 0 Å². The second-order valence-electron chi connectivity index (χ2n) is 17.5. The van der Waals surface area contributed by atoms with Crippen LogP contribution < -0.4 is 30.8 Å². The largest absolute Gasteiger partial charge is 0.458 e. The highest BCUT2D eigenvalue weighted by atomic mass is 16.5. The van der Waals surface area contributed by atoms with E-state index in [0.29, 0.717) is 5.92 Å². The summed E-state index contributed by atoms with van der Waals surface area (Å²) in [7, 11) is 0. The van der Waals surface area contributed by atoms with E-state index in [0.717, 1.165) is 101 Å².